The van der Waals surface area contributed by atoms with Gasteiger partial charge in [0.05, 0.1) is 11.3 Å². The number of carbonyl (C=O) groups excluding carboxylic acids is 2. The number of hydrazine groups is 1. The minimum Gasteiger partial charge on any atom is -0.272 e. The molecule has 1 aromatic heterocycles. The maximum absolute atomic E-state index is 12.8. The molecule has 2 heterocycles. The highest BCUT2D eigenvalue weighted by Gasteiger charge is 2.34. The van der Waals surface area contributed by atoms with Crippen molar-refractivity contribution in [2.75, 3.05) is 5.75 Å². The number of benzene rings is 1. The highest BCUT2D eigenvalue weighted by molar-refractivity contribution is 8.00. The SMILES string of the molecule is O=C(NN1C(=O)CSC1Cc1cccc(C(F)(F)F)c1)c1ccncc1. The monoisotopic (exact) mass is 381 g/mol. The van der Waals surface area contributed by atoms with Gasteiger partial charge in [0.2, 0.25) is 0 Å². The molecule has 1 saturated heterocycles. The van der Waals surface area contributed by atoms with E-state index in [1.54, 1.807) is 6.07 Å². The van der Waals surface area contributed by atoms with Gasteiger partial charge in [0, 0.05) is 24.4 Å². The van der Waals surface area contributed by atoms with Crippen LogP contribution in [0.15, 0.2) is 48.8 Å². The van der Waals surface area contributed by atoms with Crippen molar-refractivity contribution in [3.63, 3.8) is 0 Å². The van der Waals surface area contributed by atoms with Crippen LogP contribution in [0.5, 0.6) is 0 Å². The van der Waals surface area contributed by atoms with Crippen molar-refractivity contribution in [3.05, 3.63) is 65.5 Å². The molecule has 1 aromatic carbocycles. The Bertz CT molecular complexity index is 814. The van der Waals surface area contributed by atoms with Gasteiger partial charge < -0.3 is 0 Å². The van der Waals surface area contributed by atoms with E-state index in [2.05, 4.69) is 10.4 Å². The first kappa shape index (κ1) is 18.2. The van der Waals surface area contributed by atoms with Crippen LogP contribution in [-0.4, -0.2) is 32.9 Å². The maximum Gasteiger partial charge on any atom is 0.416 e. The second kappa shape index (κ2) is 7.36. The Kier molecular flexibility index (Phi) is 5.17. The van der Waals surface area contributed by atoms with E-state index >= 15 is 0 Å². The Morgan fingerprint density at radius 1 is 1.27 bits per heavy atom. The number of pyridine rings is 1. The summed E-state index contributed by atoms with van der Waals surface area (Å²) in [6, 6.07) is 7.97. The molecule has 0 bridgehead atoms. The van der Waals surface area contributed by atoms with Gasteiger partial charge in [-0.25, -0.2) is 5.01 Å². The first-order valence-electron chi connectivity index (χ1n) is 7.65. The lowest BCUT2D eigenvalue weighted by Crippen LogP contribution is -2.48. The van der Waals surface area contributed by atoms with E-state index in [9.17, 15) is 22.8 Å². The quantitative estimate of drug-likeness (QED) is 0.885. The molecule has 0 aliphatic carbocycles. The smallest absolute Gasteiger partial charge is 0.272 e. The molecule has 136 valence electrons. The number of halogens is 3. The van der Waals surface area contributed by atoms with Crippen LogP contribution in [0.25, 0.3) is 0 Å². The Hall–Kier alpha value is -2.55. The zero-order valence-electron chi connectivity index (χ0n) is 13.4. The molecule has 0 radical (unpaired) electrons. The average molecular weight is 381 g/mol. The van der Waals surface area contributed by atoms with Gasteiger partial charge in [-0.15, -0.1) is 11.8 Å². The predicted octanol–water partition coefficient (Wildman–Crippen LogP) is 2.89. The lowest BCUT2D eigenvalue weighted by atomic mass is 10.1. The number of hydrogen-bond acceptors (Lipinski definition) is 4. The topological polar surface area (TPSA) is 62.3 Å². The zero-order valence-corrected chi connectivity index (χ0v) is 14.2. The number of carbonyl (C=O) groups is 2. The van der Waals surface area contributed by atoms with E-state index in [-0.39, 0.29) is 18.1 Å². The number of aromatic nitrogens is 1. The summed E-state index contributed by atoms with van der Waals surface area (Å²) in [5.74, 6) is -0.619. The fourth-order valence-corrected chi connectivity index (χ4v) is 3.61. The summed E-state index contributed by atoms with van der Waals surface area (Å²) in [6.45, 7) is 0. The highest BCUT2D eigenvalue weighted by atomic mass is 32.2. The molecule has 26 heavy (non-hydrogen) atoms. The molecule has 1 N–H and O–H groups in total. The molecule has 1 aliphatic heterocycles. The Morgan fingerprint density at radius 2 is 2.00 bits per heavy atom. The summed E-state index contributed by atoms with van der Waals surface area (Å²) in [4.78, 5) is 28.1. The number of thioether (sulfide) groups is 1. The van der Waals surface area contributed by atoms with Crippen LogP contribution < -0.4 is 5.43 Å². The van der Waals surface area contributed by atoms with Gasteiger partial charge in [-0.1, -0.05) is 18.2 Å². The number of amides is 2. The number of hydrogen-bond donors (Lipinski definition) is 1. The normalized spacial score (nSPS) is 17.4. The second-order valence-electron chi connectivity index (χ2n) is 5.61. The summed E-state index contributed by atoms with van der Waals surface area (Å²) in [5.41, 5.74) is 2.57. The third-order valence-corrected chi connectivity index (χ3v) is 4.96. The first-order chi connectivity index (χ1) is 12.3. The van der Waals surface area contributed by atoms with Gasteiger partial charge in [0.25, 0.3) is 11.8 Å². The summed E-state index contributed by atoms with van der Waals surface area (Å²) >= 11 is 1.27. The van der Waals surface area contributed by atoms with Crippen molar-refractivity contribution >= 4 is 23.6 Å². The summed E-state index contributed by atoms with van der Waals surface area (Å²) < 4.78 is 38.5. The van der Waals surface area contributed by atoms with Crippen LogP contribution in [0.1, 0.15) is 21.5 Å². The summed E-state index contributed by atoms with van der Waals surface area (Å²) in [7, 11) is 0. The Morgan fingerprint density at radius 3 is 2.69 bits per heavy atom. The molecule has 1 unspecified atom stereocenters. The van der Waals surface area contributed by atoms with Crippen LogP contribution in [0.3, 0.4) is 0 Å². The van der Waals surface area contributed by atoms with Crippen LogP contribution in [-0.2, 0) is 17.4 Å². The Labute approximate surface area is 151 Å². The molecule has 0 spiro atoms. The molecule has 5 nitrogen and oxygen atoms in total. The van der Waals surface area contributed by atoms with Crippen molar-refractivity contribution < 1.29 is 22.8 Å². The largest absolute Gasteiger partial charge is 0.416 e. The van der Waals surface area contributed by atoms with Crippen LogP contribution in [0.2, 0.25) is 0 Å². The van der Waals surface area contributed by atoms with Gasteiger partial charge in [0.15, 0.2) is 0 Å². The summed E-state index contributed by atoms with van der Waals surface area (Å²) in [6.07, 6.45) is -1.33. The standard InChI is InChI=1S/C17H14F3N3O2S/c18-17(19,20)13-3-1-2-11(8-13)9-15-23(14(24)10-26-15)22-16(25)12-4-6-21-7-5-12/h1-8,15H,9-10H2,(H,22,25). The molecular formula is C17H14F3N3O2S. The number of nitrogens with one attached hydrogen (secondary N) is 1. The fraction of sp³-hybridized carbons (Fsp3) is 0.235. The molecule has 2 amide bonds. The molecule has 9 heteroatoms. The first-order valence-corrected chi connectivity index (χ1v) is 8.70. The number of nitrogens with zero attached hydrogens (tertiary/aromatic N) is 2. The van der Waals surface area contributed by atoms with Gasteiger partial charge in [-0.05, 0) is 23.8 Å². The minimum absolute atomic E-state index is 0.153. The van der Waals surface area contributed by atoms with Crippen molar-refractivity contribution in [1.29, 1.82) is 0 Å². The van der Waals surface area contributed by atoms with Crippen molar-refractivity contribution in [2.24, 2.45) is 0 Å². The molecular weight excluding hydrogens is 367 g/mol. The molecule has 2 aromatic rings. The average Bonchev–Trinajstić information content (AvgIpc) is 2.95. The highest BCUT2D eigenvalue weighted by Crippen LogP contribution is 2.31. The van der Waals surface area contributed by atoms with Crippen molar-refractivity contribution in [2.45, 2.75) is 18.0 Å². The summed E-state index contributed by atoms with van der Waals surface area (Å²) in [5, 5.41) is 0.713. The lowest BCUT2D eigenvalue weighted by molar-refractivity contribution is -0.137. The van der Waals surface area contributed by atoms with Gasteiger partial charge in [0.1, 0.15) is 5.37 Å². The third-order valence-electron chi connectivity index (χ3n) is 3.79. The minimum atomic E-state index is -4.43. The second-order valence-corrected chi connectivity index (χ2v) is 6.77. The Balaban J connectivity index is 1.73. The van der Waals surface area contributed by atoms with E-state index in [1.165, 1.54) is 47.4 Å². The molecule has 1 fully saturated rings. The van der Waals surface area contributed by atoms with E-state index in [0.717, 1.165) is 12.1 Å². The van der Waals surface area contributed by atoms with Crippen molar-refractivity contribution in [3.8, 4) is 0 Å². The third kappa shape index (κ3) is 4.16. The lowest BCUT2D eigenvalue weighted by Gasteiger charge is -2.24. The van der Waals surface area contributed by atoms with E-state index < -0.39 is 23.0 Å². The predicted molar refractivity (Wildman–Crippen MR) is 89.9 cm³/mol. The van der Waals surface area contributed by atoms with Crippen LogP contribution in [0.4, 0.5) is 13.2 Å². The number of alkyl halides is 3. The number of rotatable bonds is 4. The van der Waals surface area contributed by atoms with Gasteiger partial charge >= 0.3 is 6.18 Å². The van der Waals surface area contributed by atoms with Gasteiger partial charge in [-0.3, -0.25) is 20.0 Å². The molecule has 1 atom stereocenters. The van der Waals surface area contributed by atoms with E-state index in [0.29, 0.717) is 11.1 Å². The van der Waals surface area contributed by atoms with Crippen molar-refractivity contribution in [1.82, 2.24) is 15.4 Å². The van der Waals surface area contributed by atoms with E-state index in [4.69, 9.17) is 0 Å². The molecule has 0 saturated carbocycles. The van der Waals surface area contributed by atoms with Crippen LogP contribution in [0, 0.1) is 0 Å². The van der Waals surface area contributed by atoms with Gasteiger partial charge in [-0.2, -0.15) is 13.2 Å². The fourth-order valence-electron chi connectivity index (χ4n) is 2.51. The molecule has 3 rings (SSSR count). The van der Waals surface area contributed by atoms with E-state index in [1.807, 2.05) is 0 Å². The molecule has 1 aliphatic rings. The zero-order chi connectivity index (χ0) is 18.7. The van der Waals surface area contributed by atoms with Crippen LogP contribution >= 0.6 is 11.8 Å². The maximum atomic E-state index is 12.8.